The lowest BCUT2D eigenvalue weighted by atomic mass is 10.2. The van der Waals surface area contributed by atoms with Crippen molar-refractivity contribution in [1.29, 1.82) is 0 Å². The Balaban J connectivity index is 1.93. The zero-order valence-corrected chi connectivity index (χ0v) is 15.4. The van der Waals surface area contributed by atoms with Crippen molar-refractivity contribution in [2.24, 2.45) is 0 Å². The molecule has 0 saturated heterocycles. The maximum atomic E-state index is 12.2. The number of carbonyl (C=O) groups excluding carboxylic acids is 4. The number of imide groups is 1. The van der Waals surface area contributed by atoms with Gasteiger partial charge < -0.3 is 15.4 Å². The largest absolute Gasteiger partial charge is 0.452 e. The van der Waals surface area contributed by atoms with Crippen LogP contribution >= 0.6 is 11.3 Å². The summed E-state index contributed by atoms with van der Waals surface area (Å²) in [6.45, 7) is 1.68. The van der Waals surface area contributed by atoms with Crippen molar-refractivity contribution in [2.45, 2.75) is 13.3 Å². The number of benzene rings is 1. The summed E-state index contributed by atoms with van der Waals surface area (Å²) in [5.41, 5.74) is 0.368. The Labute approximate surface area is 159 Å². The first-order valence-electron chi connectivity index (χ1n) is 8.20. The molecule has 0 radical (unpaired) electrons. The number of hydrogen-bond acceptors (Lipinski definition) is 6. The van der Waals surface area contributed by atoms with E-state index in [1.54, 1.807) is 35.7 Å². The van der Waals surface area contributed by atoms with E-state index in [-0.39, 0.29) is 17.2 Å². The first-order valence-corrected chi connectivity index (χ1v) is 9.08. The molecule has 142 valence electrons. The lowest BCUT2D eigenvalue weighted by Gasteiger charge is -2.10. The number of rotatable bonds is 7. The number of thiophene rings is 1. The summed E-state index contributed by atoms with van der Waals surface area (Å²) in [5, 5.41) is 8.93. The maximum Gasteiger partial charge on any atom is 0.340 e. The van der Waals surface area contributed by atoms with Gasteiger partial charge in [0.2, 0.25) is 0 Å². The molecule has 0 spiro atoms. The molecular formula is C18H19N3O5S. The van der Waals surface area contributed by atoms with E-state index in [2.05, 4.69) is 16.0 Å². The van der Waals surface area contributed by atoms with E-state index in [0.717, 1.165) is 6.42 Å². The highest BCUT2D eigenvalue weighted by Gasteiger charge is 2.17. The topological polar surface area (TPSA) is 114 Å². The molecule has 8 nitrogen and oxygen atoms in total. The second kappa shape index (κ2) is 10.1. The van der Waals surface area contributed by atoms with Crippen LogP contribution in [0.25, 0.3) is 0 Å². The summed E-state index contributed by atoms with van der Waals surface area (Å²) in [5.74, 6) is -1.89. The molecule has 3 N–H and O–H groups in total. The van der Waals surface area contributed by atoms with Crippen LogP contribution in [0.1, 0.15) is 33.4 Å². The predicted octanol–water partition coefficient (Wildman–Crippen LogP) is 2.39. The molecule has 0 fully saturated rings. The van der Waals surface area contributed by atoms with Gasteiger partial charge in [0.25, 0.3) is 11.8 Å². The van der Waals surface area contributed by atoms with E-state index < -0.39 is 24.5 Å². The average Bonchev–Trinajstić information content (AvgIpc) is 3.20. The SMILES string of the molecule is CCCNC(=O)NC(=O)COC(=O)c1ccccc1NC(=O)c1cccs1. The molecule has 0 aliphatic carbocycles. The van der Waals surface area contributed by atoms with Gasteiger partial charge in [-0.2, -0.15) is 0 Å². The number of ether oxygens (including phenoxy) is 1. The number of hydrogen-bond donors (Lipinski definition) is 3. The highest BCUT2D eigenvalue weighted by molar-refractivity contribution is 7.12. The van der Waals surface area contributed by atoms with Crippen LogP contribution in [0.5, 0.6) is 0 Å². The summed E-state index contributed by atoms with van der Waals surface area (Å²) in [6.07, 6.45) is 0.727. The summed E-state index contributed by atoms with van der Waals surface area (Å²) in [4.78, 5) is 47.9. The van der Waals surface area contributed by atoms with Crippen LogP contribution < -0.4 is 16.0 Å². The van der Waals surface area contributed by atoms with Crippen LogP contribution in [0.15, 0.2) is 41.8 Å². The first kappa shape index (κ1) is 20.1. The average molecular weight is 389 g/mol. The van der Waals surface area contributed by atoms with Crippen LogP contribution in [0.4, 0.5) is 10.5 Å². The van der Waals surface area contributed by atoms with Crippen molar-refractivity contribution >= 4 is 40.8 Å². The summed E-state index contributed by atoms with van der Waals surface area (Å²) in [7, 11) is 0. The van der Waals surface area contributed by atoms with Crippen LogP contribution in [-0.4, -0.2) is 37.0 Å². The van der Waals surface area contributed by atoms with Crippen molar-refractivity contribution in [3.8, 4) is 0 Å². The third kappa shape index (κ3) is 6.23. The molecule has 2 aromatic rings. The van der Waals surface area contributed by atoms with Crippen molar-refractivity contribution in [3.63, 3.8) is 0 Å². The van der Waals surface area contributed by atoms with Gasteiger partial charge in [-0.25, -0.2) is 9.59 Å². The van der Waals surface area contributed by atoms with E-state index in [1.807, 2.05) is 6.92 Å². The lowest BCUT2D eigenvalue weighted by molar-refractivity contribution is -0.123. The number of esters is 1. The van der Waals surface area contributed by atoms with E-state index in [1.165, 1.54) is 17.4 Å². The smallest absolute Gasteiger partial charge is 0.340 e. The Morgan fingerprint density at radius 3 is 2.56 bits per heavy atom. The molecular weight excluding hydrogens is 370 g/mol. The van der Waals surface area contributed by atoms with Gasteiger partial charge in [-0.05, 0) is 30.0 Å². The minimum Gasteiger partial charge on any atom is -0.452 e. The van der Waals surface area contributed by atoms with Crippen molar-refractivity contribution in [2.75, 3.05) is 18.5 Å². The number of urea groups is 1. The fourth-order valence-electron chi connectivity index (χ4n) is 2.02. The molecule has 1 aromatic carbocycles. The fourth-order valence-corrected chi connectivity index (χ4v) is 2.64. The highest BCUT2D eigenvalue weighted by Crippen LogP contribution is 2.18. The summed E-state index contributed by atoms with van der Waals surface area (Å²) < 4.78 is 4.93. The minimum atomic E-state index is -0.791. The molecule has 0 unspecified atom stereocenters. The van der Waals surface area contributed by atoms with Crippen molar-refractivity contribution in [1.82, 2.24) is 10.6 Å². The van der Waals surface area contributed by atoms with E-state index in [0.29, 0.717) is 11.4 Å². The molecule has 0 atom stereocenters. The molecule has 0 bridgehead atoms. The fraction of sp³-hybridized carbons (Fsp3) is 0.222. The molecule has 1 heterocycles. The van der Waals surface area contributed by atoms with Crippen LogP contribution in [-0.2, 0) is 9.53 Å². The standard InChI is InChI=1S/C18H19N3O5S/c1-2-9-19-18(25)21-15(22)11-26-17(24)12-6-3-4-7-13(12)20-16(23)14-8-5-10-27-14/h3-8,10H,2,9,11H2,1H3,(H,20,23)(H2,19,21,22,25). The Morgan fingerprint density at radius 1 is 1.07 bits per heavy atom. The normalized spacial score (nSPS) is 9.96. The van der Waals surface area contributed by atoms with Gasteiger partial charge in [-0.15, -0.1) is 11.3 Å². The van der Waals surface area contributed by atoms with Gasteiger partial charge in [-0.1, -0.05) is 25.1 Å². The molecule has 0 saturated carbocycles. The van der Waals surface area contributed by atoms with Gasteiger partial charge >= 0.3 is 12.0 Å². The quantitative estimate of drug-likeness (QED) is 0.629. The molecule has 27 heavy (non-hydrogen) atoms. The monoisotopic (exact) mass is 389 g/mol. The van der Waals surface area contributed by atoms with Crippen molar-refractivity contribution < 1.29 is 23.9 Å². The predicted molar refractivity (Wildman–Crippen MR) is 101 cm³/mol. The van der Waals surface area contributed by atoms with Crippen molar-refractivity contribution in [3.05, 3.63) is 52.2 Å². The Bertz CT molecular complexity index is 820. The summed E-state index contributed by atoms with van der Waals surface area (Å²) >= 11 is 1.27. The number of para-hydroxylation sites is 1. The number of anilines is 1. The molecule has 9 heteroatoms. The third-order valence-corrected chi connectivity index (χ3v) is 4.13. The molecule has 0 aliphatic heterocycles. The third-order valence-electron chi connectivity index (χ3n) is 3.26. The second-order valence-electron chi connectivity index (χ2n) is 5.36. The molecule has 4 amide bonds. The molecule has 1 aromatic heterocycles. The second-order valence-corrected chi connectivity index (χ2v) is 6.30. The Kier molecular flexibility index (Phi) is 7.50. The van der Waals surface area contributed by atoms with Crippen LogP contribution in [0.3, 0.4) is 0 Å². The maximum absolute atomic E-state index is 12.2. The molecule has 2 rings (SSSR count). The zero-order chi connectivity index (χ0) is 19.6. The zero-order valence-electron chi connectivity index (χ0n) is 14.6. The Hall–Kier alpha value is -3.20. The Morgan fingerprint density at radius 2 is 1.85 bits per heavy atom. The lowest BCUT2D eigenvalue weighted by Crippen LogP contribution is -2.41. The van der Waals surface area contributed by atoms with E-state index in [4.69, 9.17) is 4.74 Å². The van der Waals surface area contributed by atoms with Gasteiger partial charge in [0, 0.05) is 6.54 Å². The van der Waals surface area contributed by atoms with E-state index >= 15 is 0 Å². The highest BCUT2D eigenvalue weighted by atomic mass is 32.1. The van der Waals surface area contributed by atoms with Crippen LogP contribution in [0, 0.1) is 0 Å². The number of amides is 4. The summed E-state index contributed by atoms with van der Waals surface area (Å²) in [6, 6.07) is 9.05. The van der Waals surface area contributed by atoms with Gasteiger partial charge in [0.1, 0.15) is 0 Å². The number of carbonyl (C=O) groups is 4. The number of nitrogens with one attached hydrogen (secondary N) is 3. The molecule has 0 aliphatic rings. The van der Waals surface area contributed by atoms with Gasteiger partial charge in [-0.3, -0.25) is 14.9 Å². The van der Waals surface area contributed by atoms with Gasteiger partial charge in [0.15, 0.2) is 6.61 Å². The van der Waals surface area contributed by atoms with E-state index in [9.17, 15) is 19.2 Å². The first-order chi connectivity index (χ1) is 13.0. The van der Waals surface area contributed by atoms with Crippen LogP contribution in [0.2, 0.25) is 0 Å². The minimum absolute atomic E-state index is 0.102. The van der Waals surface area contributed by atoms with Gasteiger partial charge in [0.05, 0.1) is 16.1 Å².